The number of carboxylic acid groups (broad SMARTS) is 1. The van der Waals surface area contributed by atoms with Gasteiger partial charge in [0.2, 0.25) is 5.91 Å². The summed E-state index contributed by atoms with van der Waals surface area (Å²) in [5.74, 6) is -0.670. The molecule has 2 amide bonds. The second-order valence-electron chi connectivity index (χ2n) is 9.01. The second kappa shape index (κ2) is 8.14. The lowest BCUT2D eigenvalue weighted by molar-refractivity contribution is 0.0410. The summed E-state index contributed by atoms with van der Waals surface area (Å²) in [5, 5.41) is 15.7. The Bertz CT molecular complexity index is 812. The highest BCUT2D eigenvalue weighted by molar-refractivity contribution is 6.74. The summed E-state index contributed by atoms with van der Waals surface area (Å²) in [6.45, 7) is 11.5. The molecule has 0 spiro atoms. The molecule has 1 aromatic rings. The molecule has 1 aromatic carbocycles. The van der Waals surface area contributed by atoms with Crippen LogP contribution in [0.1, 0.15) is 43.1 Å². The summed E-state index contributed by atoms with van der Waals surface area (Å²) in [6, 6.07) is 2.91. The molecule has 162 valence electrons. The van der Waals surface area contributed by atoms with Crippen LogP contribution in [0, 0.1) is 0 Å². The summed E-state index contributed by atoms with van der Waals surface area (Å²) >= 11 is 6.53. The molecule has 0 aliphatic carbocycles. The van der Waals surface area contributed by atoms with Crippen LogP contribution in [0.5, 0.6) is 0 Å². The van der Waals surface area contributed by atoms with E-state index in [-0.39, 0.29) is 21.3 Å². The number of nitrogen functional groups attached to an aromatic ring is 1. The molecule has 0 bridgehead atoms. The van der Waals surface area contributed by atoms with Gasteiger partial charge in [0.15, 0.2) is 8.32 Å². The minimum atomic E-state index is -2.27. The van der Waals surface area contributed by atoms with Gasteiger partial charge in [-0.1, -0.05) is 32.4 Å². The van der Waals surface area contributed by atoms with E-state index >= 15 is 0 Å². The van der Waals surface area contributed by atoms with Crippen molar-refractivity contribution in [3.63, 3.8) is 0 Å². The minimum Gasteiger partial charge on any atom is -0.465 e. The molecule has 1 aliphatic rings. The Kier molecular flexibility index (Phi) is 6.58. The van der Waals surface area contributed by atoms with Crippen molar-refractivity contribution in [1.82, 2.24) is 10.6 Å². The Morgan fingerprint density at radius 2 is 2.00 bits per heavy atom. The molecule has 7 N–H and O–H groups in total. The number of hydrogen-bond donors (Lipinski definition) is 5. The number of amides is 2. The summed E-state index contributed by atoms with van der Waals surface area (Å²) in [6.07, 6.45) is -1.39. The normalized spacial score (nSPS) is 22.9. The number of carbonyl (C=O) groups is 2. The Hall–Kier alpha value is -1.81. The first kappa shape index (κ1) is 23.5. The quantitative estimate of drug-likeness (QED) is 0.351. The van der Waals surface area contributed by atoms with Gasteiger partial charge >= 0.3 is 6.09 Å². The van der Waals surface area contributed by atoms with Gasteiger partial charge in [0, 0.05) is 17.7 Å². The third kappa shape index (κ3) is 4.68. The number of halogens is 1. The molecule has 2 rings (SSSR count). The first-order chi connectivity index (χ1) is 13.2. The largest absolute Gasteiger partial charge is 0.465 e. The zero-order valence-electron chi connectivity index (χ0n) is 17.6. The van der Waals surface area contributed by atoms with Crippen LogP contribution in [0.2, 0.25) is 23.2 Å². The molecule has 8 nitrogen and oxygen atoms in total. The SMILES string of the molecule is CC(C)(C)[Si](C)(C)O[C@H]1CNCC[C@]1(NC(=O)O)c1cc(C(N)=O)cc(N)c1Cl. The highest BCUT2D eigenvalue weighted by Crippen LogP contribution is 2.44. The number of primary amides is 1. The highest BCUT2D eigenvalue weighted by atomic mass is 35.5. The van der Waals surface area contributed by atoms with Crippen LogP contribution in [0.4, 0.5) is 10.5 Å². The molecule has 29 heavy (non-hydrogen) atoms. The standard InChI is InChI=1S/C19H31ClN4O4Si/c1-18(2,3)29(4,5)28-14-10-23-7-6-19(14,24-17(26)27)12-8-11(16(22)25)9-13(21)15(12)20/h8-9,14,23-24H,6-7,10,21H2,1-5H3,(H2,22,25)(H,26,27)/t14-,19-/m0/s1. The number of anilines is 1. The Labute approximate surface area is 177 Å². The van der Waals surface area contributed by atoms with Crippen molar-refractivity contribution in [3.8, 4) is 0 Å². The third-order valence-corrected chi connectivity index (χ3v) is 10.9. The fourth-order valence-electron chi connectivity index (χ4n) is 3.35. The maximum absolute atomic E-state index is 11.8. The topological polar surface area (TPSA) is 140 Å². The molecule has 0 unspecified atom stereocenters. The zero-order chi connectivity index (χ0) is 22.2. The molecule has 0 aromatic heterocycles. The van der Waals surface area contributed by atoms with E-state index in [1.165, 1.54) is 12.1 Å². The first-order valence-corrected chi connectivity index (χ1v) is 12.8. The number of nitrogens with one attached hydrogen (secondary N) is 2. The predicted molar refractivity (Wildman–Crippen MR) is 117 cm³/mol. The molecular formula is C19H31ClN4O4Si. The summed E-state index contributed by atoms with van der Waals surface area (Å²) < 4.78 is 6.64. The fourth-order valence-corrected chi connectivity index (χ4v) is 4.98. The van der Waals surface area contributed by atoms with Crippen molar-refractivity contribution < 1.29 is 19.1 Å². The van der Waals surface area contributed by atoms with Crippen molar-refractivity contribution in [2.45, 2.75) is 57.0 Å². The molecule has 1 saturated heterocycles. The van der Waals surface area contributed by atoms with E-state index in [9.17, 15) is 14.7 Å². The van der Waals surface area contributed by atoms with Crippen LogP contribution in [0.3, 0.4) is 0 Å². The number of piperidine rings is 1. The maximum atomic E-state index is 11.8. The third-order valence-electron chi connectivity index (χ3n) is 6.01. The minimum absolute atomic E-state index is 0.0860. The molecule has 2 atom stereocenters. The van der Waals surface area contributed by atoms with Gasteiger partial charge in [-0.3, -0.25) is 4.79 Å². The summed E-state index contributed by atoms with van der Waals surface area (Å²) in [7, 11) is -2.27. The molecule has 1 fully saturated rings. The molecule has 0 saturated carbocycles. The van der Waals surface area contributed by atoms with E-state index in [1.807, 2.05) is 0 Å². The Morgan fingerprint density at radius 1 is 1.38 bits per heavy atom. The van der Waals surface area contributed by atoms with Gasteiger partial charge in [-0.25, -0.2) is 4.79 Å². The molecule has 0 radical (unpaired) electrons. The zero-order valence-corrected chi connectivity index (χ0v) is 19.3. The monoisotopic (exact) mass is 442 g/mol. The summed E-state index contributed by atoms with van der Waals surface area (Å²) in [4.78, 5) is 23.6. The summed E-state index contributed by atoms with van der Waals surface area (Å²) in [5.41, 5.74) is 11.0. The van der Waals surface area contributed by atoms with E-state index < -0.39 is 32.0 Å². The average Bonchev–Trinajstić information content (AvgIpc) is 2.57. The molecule has 1 aliphatic heterocycles. The van der Waals surface area contributed by atoms with Gasteiger partial charge in [0.05, 0.1) is 22.4 Å². The van der Waals surface area contributed by atoms with E-state index in [0.29, 0.717) is 25.1 Å². The van der Waals surface area contributed by atoms with Crippen LogP contribution in [0.25, 0.3) is 0 Å². The van der Waals surface area contributed by atoms with Crippen LogP contribution in [-0.2, 0) is 9.96 Å². The van der Waals surface area contributed by atoms with E-state index in [4.69, 9.17) is 27.5 Å². The Morgan fingerprint density at radius 3 is 2.52 bits per heavy atom. The van der Waals surface area contributed by atoms with E-state index in [2.05, 4.69) is 44.5 Å². The van der Waals surface area contributed by atoms with Gasteiger partial charge in [-0.05, 0) is 43.2 Å². The van der Waals surface area contributed by atoms with E-state index in [1.54, 1.807) is 0 Å². The van der Waals surface area contributed by atoms with Crippen LogP contribution in [-0.4, -0.2) is 44.6 Å². The van der Waals surface area contributed by atoms with Gasteiger partial charge in [0.1, 0.15) is 0 Å². The van der Waals surface area contributed by atoms with Crippen molar-refractivity contribution in [3.05, 3.63) is 28.3 Å². The van der Waals surface area contributed by atoms with Gasteiger partial charge in [-0.2, -0.15) is 0 Å². The predicted octanol–water partition coefficient (Wildman–Crippen LogP) is 2.87. The first-order valence-electron chi connectivity index (χ1n) is 9.50. The van der Waals surface area contributed by atoms with Gasteiger partial charge < -0.3 is 31.6 Å². The van der Waals surface area contributed by atoms with Crippen molar-refractivity contribution >= 4 is 37.6 Å². The van der Waals surface area contributed by atoms with Gasteiger partial charge in [0.25, 0.3) is 0 Å². The van der Waals surface area contributed by atoms with Crippen LogP contribution < -0.4 is 22.1 Å². The number of hydrogen-bond acceptors (Lipinski definition) is 5. The highest BCUT2D eigenvalue weighted by Gasteiger charge is 2.50. The Balaban J connectivity index is 2.69. The average molecular weight is 443 g/mol. The van der Waals surface area contributed by atoms with Crippen molar-refractivity contribution in [2.24, 2.45) is 5.73 Å². The molecular weight excluding hydrogens is 412 g/mol. The van der Waals surface area contributed by atoms with Crippen LogP contribution in [0.15, 0.2) is 12.1 Å². The van der Waals surface area contributed by atoms with Crippen molar-refractivity contribution in [2.75, 3.05) is 18.8 Å². The lowest BCUT2D eigenvalue weighted by Gasteiger charge is -2.49. The fraction of sp³-hybridized carbons (Fsp3) is 0.579. The van der Waals surface area contributed by atoms with Crippen LogP contribution >= 0.6 is 11.6 Å². The molecule has 1 heterocycles. The maximum Gasteiger partial charge on any atom is 0.405 e. The second-order valence-corrected chi connectivity index (χ2v) is 14.1. The number of benzene rings is 1. The molecule has 10 heteroatoms. The number of rotatable bonds is 5. The van der Waals surface area contributed by atoms with E-state index in [0.717, 1.165) is 0 Å². The lowest BCUT2D eigenvalue weighted by atomic mass is 9.78. The number of nitrogens with two attached hydrogens (primary N) is 2. The van der Waals surface area contributed by atoms with Crippen molar-refractivity contribution in [1.29, 1.82) is 0 Å². The number of carbonyl (C=O) groups excluding carboxylic acids is 1. The smallest absolute Gasteiger partial charge is 0.405 e. The van der Waals surface area contributed by atoms with Gasteiger partial charge in [-0.15, -0.1) is 0 Å². The lowest BCUT2D eigenvalue weighted by Crippen LogP contribution is -2.64.